The Morgan fingerprint density at radius 3 is 2.62 bits per heavy atom. The summed E-state index contributed by atoms with van der Waals surface area (Å²) in [6.07, 6.45) is -0.661. The maximum absolute atomic E-state index is 11.3. The van der Waals surface area contributed by atoms with E-state index in [1.54, 1.807) is 0 Å². The van der Waals surface area contributed by atoms with Gasteiger partial charge in [0.25, 0.3) is 0 Å². The predicted octanol–water partition coefficient (Wildman–Crippen LogP) is 0.616. The zero-order chi connectivity index (χ0) is 11.6. The van der Waals surface area contributed by atoms with Crippen LogP contribution in [0, 0.1) is 0 Å². The first-order valence-electron chi connectivity index (χ1n) is 5.20. The van der Waals surface area contributed by atoms with Crippen molar-refractivity contribution < 1.29 is 19.7 Å². The van der Waals surface area contributed by atoms with Crippen molar-refractivity contribution in [1.82, 2.24) is 0 Å². The van der Waals surface area contributed by atoms with Gasteiger partial charge < -0.3 is 14.9 Å². The lowest BCUT2D eigenvalue weighted by molar-refractivity contribution is -0.148. The highest BCUT2D eigenvalue weighted by Gasteiger charge is 2.53. The molecule has 0 unspecified atom stereocenters. The Balaban J connectivity index is 1.77. The van der Waals surface area contributed by atoms with Gasteiger partial charge in [-0.2, -0.15) is 0 Å². The van der Waals surface area contributed by atoms with Crippen LogP contribution in [0.1, 0.15) is 18.4 Å². The minimum Gasteiger partial charge on any atom is -0.461 e. The van der Waals surface area contributed by atoms with E-state index in [0.29, 0.717) is 0 Å². The highest BCUT2D eigenvalue weighted by atomic mass is 16.5. The zero-order valence-electron chi connectivity index (χ0n) is 8.80. The second-order valence-corrected chi connectivity index (χ2v) is 4.15. The van der Waals surface area contributed by atoms with E-state index < -0.39 is 17.7 Å². The van der Waals surface area contributed by atoms with Crippen molar-refractivity contribution in [3.63, 3.8) is 0 Å². The molecule has 1 aliphatic rings. The van der Waals surface area contributed by atoms with Gasteiger partial charge in [0, 0.05) is 6.42 Å². The summed E-state index contributed by atoms with van der Waals surface area (Å²) in [5.41, 5.74) is -0.340. The van der Waals surface area contributed by atoms with E-state index in [9.17, 15) is 9.90 Å². The van der Waals surface area contributed by atoms with Gasteiger partial charge in [-0.05, 0) is 5.56 Å². The highest BCUT2D eigenvalue weighted by molar-refractivity contribution is 5.71. The predicted molar refractivity (Wildman–Crippen MR) is 56.4 cm³/mol. The summed E-state index contributed by atoms with van der Waals surface area (Å²) in [5.74, 6) is -0.483. The van der Waals surface area contributed by atoms with Crippen LogP contribution in [0.2, 0.25) is 0 Å². The standard InChI is InChI=1S/C12H14O4/c13-10-6-12(10,15)7-11(14)16-8-9-4-2-1-3-5-9/h1-5,10,13,15H,6-8H2/t10-,12-/m0/s1. The quantitative estimate of drug-likeness (QED) is 0.733. The molecule has 1 saturated carbocycles. The number of carbonyl (C=O) groups is 1. The Morgan fingerprint density at radius 2 is 2.06 bits per heavy atom. The fourth-order valence-corrected chi connectivity index (χ4v) is 1.50. The molecular formula is C12H14O4. The molecule has 0 amide bonds. The molecule has 0 radical (unpaired) electrons. The summed E-state index contributed by atoms with van der Waals surface area (Å²) in [6.45, 7) is 0.200. The molecule has 0 saturated heterocycles. The van der Waals surface area contributed by atoms with Gasteiger partial charge in [0.2, 0.25) is 0 Å². The van der Waals surface area contributed by atoms with Gasteiger partial charge in [-0.3, -0.25) is 4.79 Å². The number of aliphatic hydroxyl groups excluding tert-OH is 1. The molecule has 1 fully saturated rings. The Labute approximate surface area is 93.5 Å². The van der Waals surface area contributed by atoms with E-state index in [1.165, 1.54) is 0 Å². The van der Waals surface area contributed by atoms with Crippen LogP contribution in [0.3, 0.4) is 0 Å². The van der Waals surface area contributed by atoms with Crippen LogP contribution in [0.15, 0.2) is 30.3 Å². The third-order valence-corrected chi connectivity index (χ3v) is 2.70. The number of carbonyl (C=O) groups excluding carboxylic acids is 1. The fourth-order valence-electron chi connectivity index (χ4n) is 1.50. The average molecular weight is 222 g/mol. The molecule has 0 spiro atoms. The molecule has 0 aromatic heterocycles. The van der Waals surface area contributed by atoms with Crippen molar-refractivity contribution >= 4 is 5.97 Å². The van der Waals surface area contributed by atoms with Gasteiger partial charge in [0.15, 0.2) is 0 Å². The maximum Gasteiger partial charge on any atom is 0.309 e. The monoisotopic (exact) mass is 222 g/mol. The molecule has 4 nitrogen and oxygen atoms in total. The smallest absolute Gasteiger partial charge is 0.309 e. The van der Waals surface area contributed by atoms with E-state index in [4.69, 9.17) is 9.84 Å². The molecule has 2 rings (SSSR count). The van der Waals surface area contributed by atoms with Gasteiger partial charge in [-0.25, -0.2) is 0 Å². The first-order chi connectivity index (χ1) is 7.60. The first-order valence-corrected chi connectivity index (χ1v) is 5.20. The summed E-state index contributed by atoms with van der Waals surface area (Å²) < 4.78 is 4.98. The number of hydrogen-bond donors (Lipinski definition) is 2. The molecule has 86 valence electrons. The van der Waals surface area contributed by atoms with Crippen LogP contribution in [0.25, 0.3) is 0 Å². The number of ether oxygens (including phenoxy) is 1. The van der Waals surface area contributed by atoms with Crippen LogP contribution in [-0.2, 0) is 16.1 Å². The first kappa shape index (κ1) is 11.1. The minimum atomic E-state index is -1.24. The van der Waals surface area contributed by atoms with Crippen molar-refractivity contribution in [2.45, 2.75) is 31.2 Å². The lowest BCUT2D eigenvalue weighted by Gasteiger charge is -2.08. The van der Waals surface area contributed by atoms with Crippen molar-refractivity contribution in [3.8, 4) is 0 Å². The molecule has 0 aliphatic heterocycles. The number of aliphatic hydroxyl groups is 2. The van der Waals surface area contributed by atoms with Crippen LogP contribution >= 0.6 is 0 Å². The second-order valence-electron chi connectivity index (χ2n) is 4.15. The molecule has 1 aliphatic carbocycles. The largest absolute Gasteiger partial charge is 0.461 e. The van der Waals surface area contributed by atoms with Crippen LogP contribution < -0.4 is 0 Å². The third kappa shape index (κ3) is 2.59. The normalized spacial score (nSPS) is 27.5. The fraction of sp³-hybridized carbons (Fsp3) is 0.417. The molecule has 2 N–H and O–H groups in total. The van der Waals surface area contributed by atoms with Crippen LogP contribution in [-0.4, -0.2) is 27.9 Å². The van der Waals surface area contributed by atoms with E-state index in [2.05, 4.69) is 0 Å². The summed E-state index contributed by atoms with van der Waals surface area (Å²) in [7, 11) is 0. The Kier molecular flexibility index (Phi) is 2.94. The average Bonchev–Trinajstić information content (AvgIpc) is 2.84. The molecule has 4 heteroatoms. The van der Waals surface area contributed by atoms with Crippen LogP contribution in [0.4, 0.5) is 0 Å². The lowest BCUT2D eigenvalue weighted by Crippen LogP contribution is -2.20. The number of rotatable bonds is 4. The van der Waals surface area contributed by atoms with E-state index in [0.717, 1.165) is 5.56 Å². The third-order valence-electron chi connectivity index (χ3n) is 2.70. The molecule has 1 aromatic carbocycles. The Bertz CT molecular complexity index is 376. The summed E-state index contributed by atoms with van der Waals surface area (Å²) >= 11 is 0. The van der Waals surface area contributed by atoms with Gasteiger partial charge in [0.05, 0.1) is 12.5 Å². The molecule has 0 heterocycles. The molecule has 1 aromatic rings. The van der Waals surface area contributed by atoms with Gasteiger partial charge in [-0.1, -0.05) is 30.3 Å². The number of benzene rings is 1. The van der Waals surface area contributed by atoms with Gasteiger partial charge >= 0.3 is 5.97 Å². The van der Waals surface area contributed by atoms with Gasteiger partial charge in [0.1, 0.15) is 12.2 Å². The van der Waals surface area contributed by atoms with Crippen molar-refractivity contribution in [2.24, 2.45) is 0 Å². The summed E-state index contributed by atoms with van der Waals surface area (Å²) in [6, 6.07) is 9.32. The summed E-state index contributed by atoms with van der Waals surface area (Å²) in [4.78, 5) is 11.3. The Hall–Kier alpha value is -1.39. The molecular weight excluding hydrogens is 208 g/mol. The van der Waals surface area contributed by atoms with E-state index in [1.807, 2.05) is 30.3 Å². The Morgan fingerprint density at radius 1 is 1.44 bits per heavy atom. The summed E-state index contributed by atoms with van der Waals surface area (Å²) in [5, 5.41) is 18.6. The van der Waals surface area contributed by atoms with E-state index >= 15 is 0 Å². The second kappa shape index (κ2) is 4.23. The minimum absolute atomic E-state index is 0.138. The molecule has 0 bridgehead atoms. The zero-order valence-corrected chi connectivity index (χ0v) is 8.80. The maximum atomic E-state index is 11.3. The van der Waals surface area contributed by atoms with Crippen molar-refractivity contribution in [2.75, 3.05) is 0 Å². The topological polar surface area (TPSA) is 66.8 Å². The molecule has 2 atom stereocenters. The SMILES string of the molecule is O=C(C[C@@]1(O)C[C@@H]1O)OCc1ccccc1. The van der Waals surface area contributed by atoms with Crippen molar-refractivity contribution in [3.05, 3.63) is 35.9 Å². The molecule has 16 heavy (non-hydrogen) atoms. The number of esters is 1. The lowest BCUT2D eigenvalue weighted by atomic mass is 10.2. The van der Waals surface area contributed by atoms with Crippen molar-refractivity contribution in [1.29, 1.82) is 0 Å². The van der Waals surface area contributed by atoms with Crippen LogP contribution in [0.5, 0.6) is 0 Å². The van der Waals surface area contributed by atoms with Gasteiger partial charge in [-0.15, -0.1) is 0 Å². The number of hydrogen-bond acceptors (Lipinski definition) is 4. The van der Waals surface area contributed by atoms with E-state index in [-0.39, 0.29) is 19.4 Å². The highest BCUT2D eigenvalue weighted by Crippen LogP contribution is 2.39.